The Morgan fingerprint density at radius 3 is 2.35 bits per heavy atom. The Balaban J connectivity index is 1.46. The van der Waals surface area contributed by atoms with E-state index in [4.69, 9.17) is 4.74 Å². The number of anilines is 1. The zero-order valence-corrected chi connectivity index (χ0v) is 23.7. The number of carbonyl (C=O) groups is 3. The number of rotatable bonds is 10. The number of aryl methyl sites for hydroxylation is 3. The van der Waals surface area contributed by atoms with Crippen molar-refractivity contribution in [3.05, 3.63) is 100 Å². The lowest BCUT2D eigenvalue weighted by Gasteiger charge is -2.12. The number of esters is 1. The van der Waals surface area contributed by atoms with Crippen molar-refractivity contribution in [3.63, 3.8) is 0 Å². The first-order chi connectivity index (χ1) is 19.2. The zero-order valence-electron chi connectivity index (χ0n) is 22.9. The van der Waals surface area contributed by atoms with Crippen molar-refractivity contribution < 1.29 is 19.1 Å². The summed E-state index contributed by atoms with van der Waals surface area (Å²) >= 11 is 1.24. The molecule has 0 saturated heterocycles. The predicted molar refractivity (Wildman–Crippen MR) is 155 cm³/mol. The summed E-state index contributed by atoms with van der Waals surface area (Å²) in [4.78, 5) is 37.4. The molecule has 0 aliphatic heterocycles. The molecule has 0 saturated carbocycles. The molecule has 0 fully saturated rings. The van der Waals surface area contributed by atoms with Crippen molar-refractivity contribution in [3.8, 4) is 5.69 Å². The molecule has 2 N–H and O–H groups in total. The molecule has 4 rings (SSSR count). The van der Waals surface area contributed by atoms with E-state index in [2.05, 4.69) is 20.8 Å². The number of nitrogens with zero attached hydrogens (tertiary/aromatic N) is 3. The van der Waals surface area contributed by atoms with E-state index in [0.717, 1.165) is 22.4 Å². The summed E-state index contributed by atoms with van der Waals surface area (Å²) in [6.07, 6.45) is 0. The molecule has 40 heavy (non-hydrogen) atoms. The summed E-state index contributed by atoms with van der Waals surface area (Å²) in [6, 6.07) is 19.9. The topological polar surface area (TPSA) is 115 Å². The molecule has 1 aromatic heterocycles. The molecule has 0 bridgehead atoms. The Hall–Kier alpha value is -4.44. The summed E-state index contributed by atoms with van der Waals surface area (Å²) in [5.41, 5.74) is 5.60. The number of carbonyl (C=O) groups excluding carboxylic acids is 3. The summed E-state index contributed by atoms with van der Waals surface area (Å²) in [5.74, 6) is -0.229. The smallest absolute Gasteiger partial charge is 0.338 e. The highest BCUT2D eigenvalue weighted by Crippen LogP contribution is 2.23. The largest absolute Gasteiger partial charge is 0.462 e. The van der Waals surface area contributed by atoms with Crippen molar-refractivity contribution in [1.29, 1.82) is 0 Å². The zero-order chi connectivity index (χ0) is 28.6. The number of aromatic nitrogens is 3. The van der Waals surface area contributed by atoms with Gasteiger partial charge in [-0.3, -0.25) is 14.2 Å². The minimum atomic E-state index is -0.410. The summed E-state index contributed by atoms with van der Waals surface area (Å²) < 4.78 is 6.83. The average Bonchev–Trinajstić information content (AvgIpc) is 3.35. The normalized spacial score (nSPS) is 10.7. The molecule has 0 radical (unpaired) electrons. The van der Waals surface area contributed by atoms with E-state index in [1.165, 1.54) is 11.8 Å². The first-order valence-electron chi connectivity index (χ1n) is 12.8. The van der Waals surface area contributed by atoms with Crippen LogP contribution in [0.3, 0.4) is 0 Å². The van der Waals surface area contributed by atoms with Crippen LogP contribution in [0, 0.1) is 20.8 Å². The van der Waals surface area contributed by atoms with Crippen molar-refractivity contribution >= 4 is 35.2 Å². The van der Waals surface area contributed by atoms with Gasteiger partial charge in [0, 0.05) is 16.9 Å². The van der Waals surface area contributed by atoms with Gasteiger partial charge in [-0.15, -0.1) is 10.2 Å². The van der Waals surface area contributed by atoms with Gasteiger partial charge in [0.15, 0.2) is 11.0 Å². The highest BCUT2D eigenvalue weighted by atomic mass is 32.2. The van der Waals surface area contributed by atoms with Crippen LogP contribution >= 0.6 is 11.8 Å². The molecule has 4 aromatic rings. The van der Waals surface area contributed by atoms with Crippen LogP contribution in [0.1, 0.15) is 50.2 Å². The monoisotopic (exact) mass is 557 g/mol. The number of hydrogen-bond donors (Lipinski definition) is 2. The highest BCUT2D eigenvalue weighted by molar-refractivity contribution is 7.99. The van der Waals surface area contributed by atoms with Crippen LogP contribution < -0.4 is 10.6 Å². The lowest BCUT2D eigenvalue weighted by molar-refractivity contribution is -0.113. The van der Waals surface area contributed by atoms with Crippen molar-refractivity contribution in [2.75, 3.05) is 17.7 Å². The molecule has 206 valence electrons. The van der Waals surface area contributed by atoms with Crippen molar-refractivity contribution in [1.82, 2.24) is 20.1 Å². The lowest BCUT2D eigenvalue weighted by Crippen LogP contribution is -2.24. The molecule has 0 unspecified atom stereocenters. The molecular formula is C30H31N5O4S. The van der Waals surface area contributed by atoms with Crippen molar-refractivity contribution in [2.24, 2.45) is 0 Å². The standard InChI is InChI=1S/C30H31N5O4S/c1-5-39-29(38)22-11-13-24(14-12-22)32-27(36)18-40-30-34-33-26(35(30)25-8-6-7-19(2)15-25)17-31-28(37)23-10-9-20(3)21(4)16-23/h6-16H,5,17-18H2,1-4H3,(H,31,37)(H,32,36). The fourth-order valence-electron chi connectivity index (χ4n) is 3.91. The number of hydrogen-bond acceptors (Lipinski definition) is 7. The van der Waals surface area contributed by atoms with E-state index in [9.17, 15) is 14.4 Å². The third-order valence-electron chi connectivity index (χ3n) is 6.15. The molecule has 1 heterocycles. The van der Waals surface area contributed by atoms with E-state index in [0.29, 0.717) is 34.4 Å². The van der Waals surface area contributed by atoms with E-state index in [1.54, 1.807) is 37.3 Å². The molecule has 0 aliphatic rings. The summed E-state index contributed by atoms with van der Waals surface area (Å²) in [5, 5.41) is 14.9. The first kappa shape index (κ1) is 28.6. The van der Waals surface area contributed by atoms with Gasteiger partial charge in [-0.05, 0) is 92.9 Å². The Morgan fingerprint density at radius 1 is 0.900 bits per heavy atom. The molecule has 2 amide bonds. The van der Waals surface area contributed by atoms with E-state index >= 15 is 0 Å². The average molecular weight is 558 g/mol. The third-order valence-corrected chi connectivity index (χ3v) is 7.08. The van der Waals surface area contributed by atoms with E-state index < -0.39 is 5.97 Å². The molecule has 3 aromatic carbocycles. The number of thioether (sulfide) groups is 1. The van der Waals surface area contributed by atoms with Crippen LogP contribution in [0.15, 0.2) is 71.9 Å². The summed E-state index contributed by atoms with van der Waals surface area (Å²) in [7, 11) is 0. The first-order valence-corrected chi connectivity index (χ1v) is 13.8. The second-order valence-corrected chi connectivity index (χ2v) is 10.1. The molecule has 10 heteroatoms. The maximum atomic E-state index is 12.8. The number of nitrogens with one attached hydrogen (secondary N) is 2. The maximum Gasteiger partial charge on any atom is 0.338 e. The van der Waals surface area contributed by atoms with Crippen LogP contribution in [0.25, 0.3) is 5.69 Å². The van der Waals surface area contributed by atoms with E-state index in [-0.39, 0.29) is 24.1 Å². The third kappa shape index (κ3) is 7.15. The molecule has 9 nitrogen and oxygen atoms in total. The van der Waals surface area contributed by atoms with Crippen LogP contribution in [-0.2, 0) is 16.1 Å². The Bertz CT molecular complexity index is 1530. The second kappa shape index (κ2) is 13.1. The summed E-state index contributed by atoms with van der Waals surface area (Å²) in [6.45, 7) is 8.16. The second-order valence-electron chi connectivity index (χ2n) is 9.19. The Morgan fingerprint density at radius 2 is 1.65 bits per heavy atom. The fourth-order valence-corrected chi connectivity index (χ4v) is 4.68. The van der Waals surface area contributed by atoms with Gasteiger partial charge < -0.3 is 15.4 Å². The van der Waals surface area contributed by atoms with Gasteiger partial charge in [0.2, 0.25) is 5.91 Å². The molecular weight excluding hydrogens is 526 g/mol. The number of ether oxygens (including phenoxy) is 1. The lowest BCUT2D eigenvalue weighted by atomic mass is 10.1. The van der Waals surface area contributed by atoms with Gasteiger partial charge in [0.25, 0.3) is 5.91 Å². The molecule has 0 atom stereocenters. The van der Waals surface area contributed by atoms with Gasteiger partial charge in [0.05, 0.1) is 24.5 Å². The van der Waals surface area contributed by atoms with Crippen LogP contribution in [0.2, 0.25) is 0 Å². The van der Waals surface area contributed by atoms with Crippen LogP contribution in [0.4, 0.5) is 5.69 Å². The molecule has 0 aliphatic carbocycles. The number of benzene rings is 3. The minimum absolute atomic E-state index is 0.0819. The molecule has 0 spiro atoms. The van der Waals surface area contributed by atoms with Gasteiger partial charge in [-0.25, -0.2) is 4.79 Å². The van der Waals surface area contributed by atoms with Gasteiger partial charge >= 0.3 is 5.97 Å². The SMILES string of the molecule is CCOC(=O)c1ccc(NC(=O)CSc2nnc(CNC(=O)c3ccc(C)c(C)c3)n2-c2cccc(C)c2)cc1. The van der Waals surface area contributed by atoms with Gasteiger partial charge in [-0.1, -0.05) is 30.0 Å². The highest BCUT2D eigenvalue weighted by Gasteiger charge is 2.18. The Kier molecular flexibility index (Phi) is 9.34. The predicted octanol–water partition coefficient (Wildman–Crippen LogP) is 5.03. The van der Waals surface area contributed by atoms with Gasteiger partial charge in [0.1, 0.15) is 0 Å². The maximum absolute atomic E-state index is 12.8. The minimum Gasteiger partial charge on any atom is -0.462 e. The fraction of sp³-hybridized carbons (Fsp3) is 0.233. The van der Waals surface area contributed by atoms with Crippen molar-refractivity contribution in [2.45, 2.75) is 39.4 Å². The Labute approximate surface area is 237 Å². The van der Waals surface area contributed by atoms with Gasteiger partial charge in [-0.2, -0.15) is 0 Å². The number of amides is 2. The van der Waals surface area contributed by atoms with Crippen LogP contribution in [-0.4, -0.2) is 44.9 Å². The van der Waals surface area contributed by atoms with Crippen LogP contribution in [0.5, 0.6) is 0 Å². The van der Waals surface area contributed by atoms with E-state index in [1.807, 2.05) is 61.7 Å². The quantitative estimate of drug-likeness (QED) is 0.208.